The van der Waals surface area contributed by atoms with E-state index in [2.05, 4.69) is 22.2 Å². The van der Waals surface area contributed by atoms with Crippen LogP contribution in [0.4, 0.5) is 0 Å². The fraction of sp³-hybridized carbons (Fsp3) is 0.750. The van der Waals surface area contributed by atoms with Crippen LogP contribution < -0.4 is 5.32 Å². The first-order chi connectivity index (χ1) is 11.8. The van der Waals surface area contributed by atoms with Gasteiger partial charge in [-0.15, -0.1) is 24.0 Å². The van der Waals surface area contributed by atoms with Crippen LogP contribution in [-0.4, -0.2) is 79.4 Å². The number of aromatic nitrogens is 2. The van der Waals surface area contributed by atoms with Crippen molar-refractivity contribution in [2.24, 2.45) is 12.0 Å². The summed E-state index contributed by atoms with van der Waals surface area (Å²) in [7, 11) is 1.92. The number of aliphatic imine (C=N–C) groups is 1. The fourth-order valence-corrected chi connectivity index (χ4v) is 2.91. The number of rotatable bonds is 4. The van der Waals surface area contributed by atoms with E-state index in [-0.39, 0.29) is 36.2 Å². The molecule has 3 heterocycles. The van der Waals surface area contributed by atoms with Crippen LogP contribution in [0.3, 0.4) is 0 Å². The molecule has 2 saturated heterocycles. The number of hydrogen-bond acceptors (Lipinski definition) is 5. The third kappa shape index (κ3) is 5.80. The van der Waals surface area contributed by atoms with E-state index in [4.69, 9.17) is 19.2 Å². The van der Waals surface area contributed by atoms with Crippen LogP contribution in [0.15, 0.2) is 17.4 Å². The molecule has 0 spiro atoms. The van der Waals surface area contributed by atoms with Gasteiger partial charge in [0.1, 0.15) is 12.2 Å². The van der Waals surface area contributed by atoms with Gasteiger partial charge in [0.05, 0.1) is 45.7 Å². The average molecular weight is 465 g/mol. The Morgan fingerprint density at radius 1 is 1.36 bits per heavy atom. The fourth-order valence-electron chi connectivity index (χ4n) is 2.91. The summed E-state index contributed by atoms with van der Waals surface area (Å²) >= 11 is 0. The minimum absolute atomic E-state index is 0. The van der Waals surface area contributed by atoms with Crippen molar-refractivity contribution in [3.63, 3.8) is 0 Å². The van der Waals surface area contributed by atoms with Crippen LogP contribution >= 0.6 is 24.0 Å². The van der Waals surface area contributed by atoms with Crippen LogP contribution in [-0.2, 0) is 21.3 Å². The van der Waals surface area contributed by atoms with Gasteiger partial charge in [-0.2, -0.15) is 5.10 Å². The summed E-state index contributed by atoms with van der Waals surface area (Å²) in [6.45, 7) is 7.72. The van der Waals surface area contributed by atoms with E-state index in [9.17, 15) is 0 Å². The van der Waals surface area contributed by atoms with Gasteiger partial charge in [-0.1, -0.05) is 0 Å². The van der Waals surface area contributed by atoms with Gasteiger partial charge in [-0.25, -0.2) is 0 Å². The Balaban J connectivity index is 0.00000225. The van der Waals surface area contributed by atoms with Gasteiger partial charge >= 0.3 is 0 Å². The lowest BCUT2D eigenvalue weighted by Gasteiger charge is -2.35. The van der Waals surface area contributed by atoms with E-state index >= 15 is 0 Å². The molecule has 2 aliphatic heterocycles. The van der Waals surface area contributed by atoms with Crippen molar-refractivity contribution in [3.8, 4) is 0 Å². The topological polar surface area (TPSA) is 73.1 Å². The summed E-state index contributed by atoms with van der Waals surface area (Å²) in [6.07, 6.45) is 3.93. The van der Waals surface area contributed by atoms with Crippen molar-refractivity contribution < 1.29 is 14.2 Å². The van der Waals surface area contributed by atoms with Gasteiger partial charge in [0.2, 0.25) is 0 Å². The SMILES string of the molecule is CCNC(=NCC1COCCO1)N1CCOC(c2cnn(C)c2)C1.I. The summed E-state index contributed by atoms with van der Waals surface area (Å²) in [4.78, 5) is 6.99. The number of aryl methyl sites for hydroxylation is 1. The summed E-state index contributed by atoms with van der Waals surface area (Å²) in [5.74, 6) is 0.906. The van der Waals surface area contributed by atoms with E-state index in [1.54, 1.807) is 4.68 Å². The lowest BCUT2D eigenvalue weighted by atomic mass is 10.1. The highest BCUT2D eigenvalue weighted by molar-refractivity contribution is 14.0. The zero-order valence-corrected chi connectivity index (χ0v) is 17.2. The number of morpholine rings is 1. The Labute approximate surface area is 165 Å². The molecule has 0 aliphatic carbocycles. The molecule has 0 radical (unpaired) electrons. The maximum absolute atomic E-state index is 5.91. The largest absolute Gasteiger partial charge is 0.376 e. The highest BCUT2D eigenvalue weighted by atomic mass is 127. The summed E-state index contributed by atoms with van der Waals surface area (Å²) in [5, 5.41) is 7.61. The highest BCUT2D eigenvalue weighted by Gasteiger charge is 2.25. The maximum atomic E-state index is 5.91. The van der Waals surface area contributed by atoms with Crippen molar-refractivity contribution in [1.29, 1.82) is 0 Å². The molecule has 1 N–H and O–H groups in total. The van der Waals surface area contributed by atoms with Crippen molar-refractivity contribution in [3.05, 3.63) is 18.0 Å². The lowest BCUT2D eigenvalue weighted by Crippen LogP contribution is -2.48. The lowest BCUT2D eigenvalue weighted by molar-refractivity contribution is -0.0834. The molecule has 0 saturated carbocycles. The molecule has 3 rings (SSSR count). The van der Waals surface area contributed by atoms with Crippen molar-refractivity contribution in [2.75, 3.05) is 52.6 Å². The summed E-state index contributed by atoms with van der Waals surface area (Å²) < 4.78 is 18.8. The van der Waals surface area contributed by atoms with Gasteiger partial charge < -0.3 is 24.4 Å². The normalized spacial score (nSPS) is 24.7. The quantitative estimate of drug-likeness (QED) is 0.403. The second-order valence-electron chi connectivity index (χ2n) is 6.02. The first kappa shape index (κ1) is 20.4. The number of hydrogen-bond donors (Lipinski definition) is 1. The molecule has 2 atom stereocenters. The third-order valence-corrected chi connectivity index (χ3v) is 4.13. The van der Waals surface area contributed by atoms with Gasteiger partial charge in [0.15, 0.2) is 5.96 Å². The Morgan fingerprint density at radius 2 is 2.24 bits per heavy atom. The smallest absolute Gasteiger partial charge is 0.194 e. The second-order valence-corrected chi connectivity index (χ2v) is 6.02. The Bertz CT molecular complexity index is 548. The van der Waals surface area contributed by atoms with Crippen LogP contribution in [0.25, 0.3) is 0 Å². The second kappa shape index (κ2) is 10.3. The van der Waals surface area contributed by atoms with Gasteiger partial charge in [-0.3, -0.25) is 9.67 Å². The van der Waals surface area contributed by atoms with Crippen molar-refractivity contribution in [1.82, 2.24) is 20.0 Å². The van der Waals surface area contributed by atoms with E-state index in [0.717, 1.165) is 31.2 Å². The van der Waals surface area contributed by atoms with Crippen LogP contribution in [0.5, 0.6) is 0 Å². The number of nitrogens with one attached hydrogen (secondary N) is 1. The molecular weight excluding hydrogens is 437 g/mol. The van der Waals surface area contributed by atoms with Crippen LogP contribution in [0.2, 0.25) is 0 Å². The molecule has 2 aliphatic rings. The number of guanidine groups is 1. The van der Waals surface area contributed by atoms with Crippen molar-refractivity contribution in [2.45, 2.75) is 19.1 Å². The molecule has 0 amide bonds. The molecule has 0 bridgehead atoms. The molecule has 2 fully saturated rings. The standard InChI is InChI=1S/C16H27N5O3.HI/c1-3-17-16(18-9-14-12-22-6-7-23-14)21-4-5-24-15(11-21)13-8-19-20(2)10-13;/h8,10,14-15H,3-7,9,11-12H2,1-2H3,(H,17,18);1H. The summed E-state index contributed by atoms with van der Waals surface area (Å²) in [6, 6.07) is 0. The molecule has 1 aromatic rings. The Hall–Kier alpha value is -0.910. The Kier molecular flexibility index (Phi) is 8.40. The molecular formula is C16H28IN5O3. The van der Waals surface area contributed by atoms with E-state index < -0.39 is 0 Å². The third-order valence-electron chi connectivity index (χ3n) is 4.13. The molecule has 142 valence electrons. The van der Waals surface area contributed by atoms with Gasteiger partial charge in [0, 0.05) is 31.9 Å². The van der Waals surface area contributed by atoms with Crippen LogP contribution in [0, 0.1) is 0 Å². The molecule has 2 unspecified atom stereocenters. The van der Waals surface area contributed by atoms with E-state index in [0.29, 0.717) is 33.0 Å². The predicted octanol–water partition coefficient (Wildman–Crippen LogP) is 0.792. The zero-order valence-electron chi connectivity index (χ0n) is 14.9. The van der Waals surface area contributed by atoms with E-state index in [1.165, 1.54) is 0 Å². The summed E-state index contributed by atoms with van der Waals surface area (Å²) in [5.41, 5.74) is 1.10. The molecule has 1 aromatic heterocycles. The maximum Gasteiger partial charge on any atom is 0.194 e. The monoisotopic (exact) mass is 465 g/mol. The Morgan fingerprint density at radius 3 is 2.92 bits per heavy atom. The average Bonchev–Trinajstić information content (AvgIpc) is 3.06. The predicted molar refractivity (Wildman–Crippen MR) is 105 cm³/mol. The highest BCUT2D eigenvalue weighted by Crippen LogP contribution is 2.21. The zero-order chi connectivity index (χ0) is 16.8. The van der Waals surface area contributed by atoms with Crippen molar-refractivity contribution >= 4 is 29.9 Å². The molecule has 8 nitrogen and oxygen atoms in total. The van der Waals surface area contributed by atoms with Gasteiger partial charge in [0.25, 0.3) is 0 Å². The van der Waals surface area contributed by atoms with Crippen LogP contribution in [0.1, 0.15) is 18.6 Å². The van der Waals surface area contributed by atoms with E-state index in [1.807, 2.05) is 19.4 Å². The minimum atomic E-state index is 0. The van der Waals surface area contributed by atoms with Gasteiger partial charge in [-0.05, 0) is 6.92 Å². The minimum Gasteiger partial charge on any atom is -0.376 e. The molecule has 0 aromatic carbocycles. The number of ether oxygens (including phenoxy) is 3. The molecule has 9 heteroatoms. The number of nitrogens with zero attached hydrogens (tertiary/aromatic N) is 4. The molecule has 25 heavy (non-hydrogen) atoms. The first-order valence-corrected chi connectivity index (χ1v) is 8.59. The number of halogens is 1. The first-order valence-electron chi connectivity index (χ1n) is 8.59.